The highest BCUT2D eigenvalue weighted by atomic mass is 32.1. The fraction of sp³-hybridized carbons (Fsp3) is 0.346. The molecule has 0 unspecified atom stereocenters. The van der Waals surface area contributed by atoms with E-state index in [2.05, 4.69) is 9.97 Å². The zero-order valence-electron chi connectivity index (χ0n) is 19.1. The van der Waals surface area contributed by atoms with E-state index in [1.165, 1.54) is 34.4 Å². The number of nitrogens with zero attached hydrogens (tertiary/aromatic N) is 4. The molecule has 2 atom stereocenters. The van der Waals surface area contributed by atoms with Crippen molar-refractivity contribution in [1.29, 1.82) is 0 Å². The first-order valence-electron chi connectivity index (χ1n) is 11.7. The Balaban J connectivity index is 1.49. The van der Waals surface area contributed by atoms with Gasteiger partial charge in [-0.15, -0.1) is 11.3 Å². The Morgan fingerprint density at radius 1 is 1.17 bits per heavy atom. The average Bonchev–Trinajstić information content (AvgIpc) is 3.49. The number of carbonyl (C=O) groups is 3. The number of hydrogen-bond donors (Lipinski definition) is 0. The van der Waals surface area contributed by atoms with E-state index in [1.54, 1.807) is 41.7 Å². The third-order valence-corrected chi connectivity index (χ3v) is 7.74. The number of rotatable bonds is 6. The summed E-state index contributed by atoms with van der Waals surface area (Å²) in [6.07, 6.45) is 7.20. The Morgan fingerprint density at radius 3 is 2.80 bits per heavy atom. The Hall–Kier alpha value is -3.46. The summed E-state index contributed by atoms with van der Waals surface area (Å²) in [5, 5.41) is 2.75. The molecule has 0 aliphatic carbocycles. The molecule has 0 spiro atoms. The van der Waals surface area contributed by atoms with Crippen molar-refractivity contribution in [2.45, 2.75) is 50.1 Å². The van der Waals surface area contributed by atoms with Gasteiger partial charge in [0.1, 0.15) is 10.8 Å². The summed E-state index contributed by atoms with van der Waals surface area (Å²) in [4.78, 5) is 52.2. The molecule has 2 fully saturated rings. The van der Waals surface area contributed by atoms with Gasteiger partial charge < -0.3 is 4.90 Å². The first kappa shape index (κ1) is 23.3. The van der Waals surface area contributed by atoms with Crippen molar-refractivity contribution in [2.75, 3.05) is 6.54 Å². The van der Waals surface area contributed by atoms with E-state index in [-0.39, 0.29) is 37.2 Å². The maximum atomic E-state index is 14.3. The molecule has 7 nitrogen and oxygen atoms in total. The molecule has 3 aromatic rings. The van der Waals surface area contributed by atoms with Crippen LogP contribution in [0.25, 0.3) is 0 Å². The van der Waals surface area contributed by atoms with Crippen LogP contribution in [0.4, 0.5) is 4.39 Å². The Morgan fingerprint density at radius 2 is 2.06 bits per heavy atom. The molecule has 2 aromatic heterocycles. The Kier molecular flexibility index (Phi) is 6.42. The first-order valence-corrected chi connectivity index (χ1v) is 12.5. The topological polar surface area (TPSA) is 83.5 Å². The third-order valence-electron chi connectivity index (χ3n) is 6.86. The summed E-state index contributed by atoms with van der Waals surface area (Å²) in [7, 11) is 0. The molecule has 35 heavy (non-hydrogen) atoms. The summed E-state index contributed by atoms with van der Waals surface area (Å²) in [5.74, 6) is -1.60. The highest BCUT2D eigenvalue weighted by molar-refractivity contribution is 7.09. The second-order valence-corrected chi connectivity index (χ2v) is 9.99. The summed E-state index contributed by atoms with van der Waals surface area (Å²) in [5.41, 5.74) is -0.403. The normalized spacial score (nSPS) is 22.6. The largest absolute Gasteiger partial charge is 0.333 e. The van der Waals surface area contributed by atoms with E-state index in [9.17, 15) is 18.8 Å². The first-order chi connectivity index (χ1) is 17.0. The standard InChI is InChI=1S/C26H25FN4O3S/c27-20-7-3-6-19(13-20)26(15-23(33)31(25(26)34)17-18-5-4-9-28-16-18)14-22(32)30-11-2-1-8-21(30)24-29-10-12-35-24/h3-7,9-10,12-13,16,21H,1-2,8,11,14-15,17H2/t21-,26-/m1/s1. The molecule has 5 rings (SSSR count). The number of likely N-dealkylation sites (tertiary alicyclic amines) is 2. The minimum absolute atomic E-state index is 0.0578. The van der Waals surface area contributed by atoms with Crippen LogP contribution in [-0.2, 0) is 26.3 Å². The Labute approximate surface area is 206 Å². The van der Waals surface area contributed by atoms with E-state index < -0.39 is 17.1 Å². The molecule has 4 heterocycles. The maximum Gasteiger partial charge on any atom is 0.241 e. The number of benzene rings is 1. The lowest BCUT2D eigenvalue weighted by Gasteiger charge is -2.37. The lowest BCUT2D eigenvalue weighted by Crippen LogP contribution is -2.45. The highest BCUT2D eigenvalue weighted by Crippen LogP contribution is 2.42. The smallest absolute Gasteiger partial charge is 0.241 e. The minimum Gasteiger partial charge on any atom is -0.333 e. The molecular weight excluding hydrogens is 467 g/mol. The summed E-state index contributed by atoms with van der Waals surface area (Å²) >= 11 is 1.50. The van der Waals surface area contributed by atoms with Crippen molar-refractivity contribution in [1.82, 2.24) is 19.8 Å². The van der Waals surface area contributed by atoms with Gasteiger partial charge in [-0.1, -0.05) is 18.2 Å². The van der Waals surface area contributed by atoms with Gasteiger partial charge in [0, 0.05) is 43.4 Å². The quantitative estimate of drug-likeness (QED) is 0.486. The van der Waals surface area contributed by atoms with Crippen LogP contribution < -0.4 is 0 Å². The molecule has 2 aliphatic heterocycles. The lowest BCUT2D eigenvalue weighted by atomic mass is 9.75. The van der Waals surface area contributed by atoms with Gasteiger partial charge in [0.2, 0.25) is 17.7 Å². The van der Waals surface area contributed by atoms with Gasteiger partial charge in [0.05, 0.1) is 18.0 Å². The molecule has 0 radical (unpaired) electrons. The van der Waals surface area contributed by atoms with Crippen molar-refractivity contribution in [3.05, 3.63) is 82.3 Å². The number of pyridine rings is 1. The molecule has 1 aromatic carbocycles. The second kappa shape index (κ2) is 9.65. The van der Waals surface area contributed by atoms with Gasteiger partial charge >= 0.3 is 0 Å². The fourth-order valence-electron chi connectivity index (χ4n) is 5.13. The van der Waals surface area contributed by atoms with Gasteiger partial charge in [-0.25, -0.2) is 9.37 Å². The number of amides is 3. The number of hydrogen-bond acceptors (Lipinski definition) is 6. The van der Waals surface area contributed by atoms with Crippen molar-refractivity contribution in [2.24, 2.45) is 0 Å². The molecule has 9 heteroatoms. The number of thiazole rings is 1. The molecule has 2 aliphatic rings. The number of aromatic nitrogens is 2. The van der Waals surface area contributed by atoms with Gasteiger partial charge in [-0.05, 0) is 48.6 Å². The number of halogens is 1. The van der Waals surface area contributed by atoms with Crippen LogP contribution in [0.15, 0.2) is 60.4 Å². The van der Waals surface area contributed by atoms with Gasteiger partial charge in [0.15, 0.2) is 0 Å². The fourth-order valence-corrected chi connectivity index (χ4v) is 5.92. The zero-order valence-corrected chi connectivity index (χ0v) is 19.9. The molecule has 0 bridgehead atoms. The number of carbonyl (C=O) groups excluding carboxylic acids is 3. The highest BCUT2D eigenvalue weighted by Gasteiger charge is 2.54. The lowest BCUT2D eigenvalue weighted by molar-refractivity contribution is -0.144. The van der Waals surface area contributed by atoms with E-state index in [0.717, 1.165) is 24.3 Å². The third kappa shape index (κ3) is 4.48. The van der Waals surface area contributed by atoms with E-state index in [4.69, 9.17) is 0 Å². The summed E-state index contributed by atoms with van der Waals surface area (Å²) in [6.45, 7) is 0.617. The van der Waals surface area contributed by atoms with E-state index in [0.29, 0.717) is 17.7 Å². The predicted octanol–water partition coefficient (Wildman–Crippen LogP) is 4.02. The van der Waals surface area contributed by atoms with Crippen LogP contribution >= 0.6 is 11.3 Å². The SMILES string of the molecule is O=C1C[C@](CC(=O)N2CCCC[C@@H]2c2nccs2)(c2cccc(F)c2)C(=O)N1Cc1cccnc1. The van der Waals surface area contributed by atoms with Crippen LogP contribution in [0.5, 0.6) is 0 Å². The van der Waals surface area contributed by atoms with Gasteiger partial charge in [-0.3, -0.25) is 24.3 Å². The molecular formula is C26H25FN4O3S. The number of imide groups is 1. The summed E-state index contributed by atoms with van der Waals surface area (Å²) < 4.78 is 14.3. The van der Waals surface area contributed by atoms with E-state index >= 15 is 0 Å². The van der Waals surface area contributed by atoms with Crippen molar-refractivity contribution >= 4 is 29.1 Å². The molecule has 0 N–H and O–H groups in total. The van der Waals surface area contributed by atoms with Gasteiger partial charge in [-0.2, -0.15) is 0 Å². The zero-order chi connectivity index (χ0) is 24.4. The minimum atomic E-state index is -1.46. The maximum absolute atomic E-state index is 14.3. The van der Waals surface area contributed by atoms with Crippen molar-refractivity contribution in [3.63, 3.8) is 0 Å². The van der Waals surface area contributed by atoms with Crippen LogP contribution in [0.1, 0.15) is 54.3 Å². The average molecular weight is 493 g/mol. The van der Waals surface area contributed by atoms with Gasteiger partial charge in [0.25, 0.3) is 0 Å². The summed E-state index contributed by atoms with van der Waals surface area (Å²) in [6, 6.07) is 9.06. The van der Waals surface area contributed by atoms with Crippen LogP contribution in [0.2, 0.25) is 0 Å². The van der Waals surface area contributed by atoms with E-state index in [1.807, 2.05) is 5.38 Å². The van der Waals surface area contributed by atoms with Crippen LogP contribution in [0, 0.1) is 5.82 Å². The predicted molar refractivity (Wildman–Crippen MR) is 128 cm³/mol. The molecule has 3 amide bonds. The molecule has 180 valence electrons. The number of piperidine rings is 1. The van der Waals surface area contributed by atoms with Crippen LogP contribution in [0.3, 0.4) is 0 Å². The monoisotopic (exact) mass is 492 g/mol. The molecule has 0 saturated carbocycles. The molecule has 2 saturated heterocycles. The Bertz CT molecular complexity index is 1240. The van der Waals surface area contributed by atoms with Crippen LogP contribution in [-0.4, -0.2) is 44.0 Å². The van der Waals surface area contributed by atoms with Crippen molar-refractivity contribution in [3.8, 4) is 0 Å². The second-order valence-electron chi connectivity index (χ2n) is 9.06. The van der Waals surface area contributed by atoms with Crippen molar-refractivity contribution < 1.29 is 18.8 Å².